The van der Waals surface area contributed by atoms with Gasteiger partial charge in [0.2, 0.25) is 5.91 Å². The first-order valence-corrected chi connectivity index (χ1v) is 9.83. The number of hydrogen-bond acceptors (Lipinski definition) is 9. The second kappa shape index (κ2) is 9.48. The zero-order chi connectivity index (χ0) is 22.6. The molecule has 0 fully saturated rings. The summed E-state index contributed by atoms with van der Waals surface area (Å²) in [5.74, 6) is -1.89. The van der Waals surface area contributed by atoms with Gasteiger partial charge < -0.3 is 14.8 Å². The van der Waals surface area contributed by atoms with Crippen molar-refractivity contribution in [2.75, 3.05) is 19.0 Å². The van der Waals surface area contributed by atoms with Crippen molar-refractivity contribution < 1.29 is 28.8 Å². The number of amides is 1. The van der Waals surface area contributed by atoms with Gasteiger partial charge in [0.15, 0.2) is 0 Å². The molecule has 2 rings (SSSR count). The predicted molar refractivity (Wildman–Crippen MR) is 108 cm³/mol. The second-order valence-electron chi connectivity index (χ2n) is 6.37. The molecule has 162 valence electrons. The van der Waals surface area contributed by atoms with Crippen molar-refractivity contribution in [2.24, 2.45) is 0 Å². The molecule has 11 nitrogen and oxygen atoms in total. The molecule has 0 saturated carbocycles. The summed E-state index contributed by atoms with van der Waals surface area (Å²) in [6.45, 7) is 6.57. The van der Waals surface area contributed by atoms with Crippen LogP contribution in [0.15, 0.2) is 6.20 Å². The molecule has 1 unspecified atom stereocenters. The van der Waals surface area contributed by atoms with Gasteiger partial charge in [-0.3, -0.25) is 19.6 Å². The summed E-state index contributed by atoms with van der Waals surface area (Å²) in [5, 5.41) is 17.7. The molecule has 2 heterocycles. The standard InChI is InChI=1S/C18H22N4O7S/c1-6-7-29-17(24)13-9(2)14(18(25)28-5)30-16(13)20-15(23)11(4)21-10(3)12(8-19-21)22(26)27/h8,11H,6-7H2,1-5H3,(H,20,23). The fourth-order valence-corrected chi connectivity index (χ4v) is 3.83. The molecule has 0 saturated heterocycles. The van der Waals surface area contributed by atoms with E-state index in [1.54, 1.807) is 6.92 Å². The van der Waals surface area contributed by atoms with Gasteiger partial charge in [0, 0.05) is 0 Å². The summed E-state index contributed by atoms with van der Waals surface area (Å²) in [5.41, 5.74) is 0.403. The predicted octanol–water partition coefficient (Wildman–Crippen LogP) is 3.02. The zero-order valence-electron chi connectivity index (χ0n) is 17.2. The van der Waals surface area contributed by atoms with Crippen LogP contribution >= 0.6 is 11.3 Å². The molecular weight excluding hydrogens is 416 g/mol. The maximum absolute atomic E-state index is 12.8. The Morgan fingerprint density at radius 3 is 2.53 bits per heavy atom. The third-order valence-corrected chi connectivity index (χ3v) is 5.54. The molecule has 0 aromatic carbocycles. The lowest BCUT2D eigenvalue weighted by Gasteiger charge is -2.14. The highest BCUT2D eigenvalue weighted by molar-refractivity contribution is 7.18. The topological polar surface area (TPSA) is 143 Å². The average Bonchev–Trinajstić information content (AvgIpc) is 3.24. The number of rotatable bonds is 8. The number of methoxy groups -OCH3 is 1. The number of carbonyl (C=O) groups excluding carboxylic acids is 3. The van der Waals surface area contributed by atoms with E-state index in [2.05, 4.69) is 10.4 Å². The molecule has 1 atom stereocenters. The summed E-state index contributed by atoms with van der Waals surface area (Å²) in [6.07, 6.45) is 1.67. The van der Waals surface area contributed by atoms with E-state index in [9.17, 15) is 24.5 Å². The molecular formula is C18H22N4O7S. The summed E-state index contributed by atoms with van der Waals surface area (Å²) in [7, 11) is 1.21. The summed E-state index contributed by atoms with van der Waals surface area (Å²) in [6, 6.07) is -0.915. The molecule has 1 N–H and O–H groups in total. The van der Waals surface area contributed by atoms with Crippen LogP contribution in [0.2, 0.25) is 0 Å². The third-order valence-electron chi connectivity index (χ3n) is 4.36. The van der Waals surface area contributed by atoms with Gasteiger partial charge in [-0.25, -0.2) is 9.59 Å². The minimum atomic E-state index is -0.915. The van der Waals surface area contributed by atoms with Crippen LogP contribution in [0.25, 0.3) is 0 Å². The summed E-state index contributed by atoms with van der Waals surface area (Å²) >= 11 is 0.891. The zero-order valence-corrected chi connectivity index (χ0v) is 18.0. The number of nitrogens with one attached hydrogen (secondary N) is 1. The van der Waals surface area contributed by atoms with Gasteiger partial charge in [0.1, 0.15) is 27.8 Å². The fraction of sp³-hybridized carbons (Fsp3) is 0.444. The van der Waals surface area contributed by atoms with Crippen LogP contribution in [0, 0.1) is 24.0 Å². The smallest absolute Gasteiger partial charge is 0.348 e. The van der Waals surface area contributed by atoms with Crippen LogP contribution in [-0.4, -0.2) is 46.3 Å². The minimum absolute atomic E-state index is 0.0672. The first-order valence-electron chi connectivity index (χ1n) is 9.02. The highest BCUT2D eigenvalue weighted by Crippen LogP contribution is 2.35. The number of nitro groups is 1. The molecule has 0 aliphatic rings. The Labute approximate surface area is 176 Å². The van der Waals surface area contributed by atoms with Crippen molar-refractivity contribution in [1.29, 1.82) is 0 Å². The SMILES string of the molecule is CCCOC(=O)c1c(NC(=O)C(C)n2ncc([N+](=O)[O-])c2C)sc(C(=O)OC)c1C. The fourth-order valence-electron chi connectivity index (χ4n) is 2.71. The van der Waals surface area contributed by atoms with Crippen LogP contribution in [0.5, 0.6) is 0 Å². The van der Waals surface area contributed by atoms with Gasteiger partial charge in [0.05, 0.1) is 24.2 Å². The van der Waals surface area contributed by atoms with Crippen LogP contribution in [0.1, 0.15) is 57.6 Å². The van der Waals surface area contributed by atoms with Crippen LogP contribution in [-0.2, 0) is 14.3 Å². The van der Waals surface area contributed by atoms with Crippen molar-refractivity contribution in [1.82, 2.24) is 9.78 Å². The molecule has 1 amide bonds. The Morgan fingerprint density at radius 2 is 2.00 bits per heavy atom. The maximum atomic E-state index is 12.8. The molecule has 0 radical (unpaired) electrons. The van der Waals surface area contributed by atoms with Gasteiger partial charge in [-0.15, -0.1) is 11.3 Å². The third kappa shape index (κ3) is 4.48. The van der Waals surface area contributed by atoms with Gasteiger partial charge in [-0.2, -0.15) is 5.10 Å². The number of thiophene rings is 1. The number of carbonyl (C=O) groups is 3. The number of hydrogen-bond donors (Lipinski definition) is 1. The maximum Gasteiger partial charge on any atom is 0.348 e. The quantitative estimate of drug-likeness (QED) is 0.376. The lowest BCUT2D eigenvalue weighted by Crippen LogP contribution is -2.25. The summed E-state index contributed by atoms with van der Waals surface area (Å²) < 4.78 is 11.1. The van der Waals surface area contributed by atoms with E-state index in [1.165, 1.54) is 25.6 Å². The number of aromatic nitrogens is 2. The molecule has 12 heteroatoms. The Hall–Kier alpha value is -3.28. The van der Waals surface area contributed by atoms with E-state index in [1.807, 2.05) is 6.92 Å². The van der Waals surface area contributed by atoms with E-state index < -0.39 is 28.8 Å². The van der Waals surface area contributed by atoms with Gasteiger partial charge >= 0.3 is 17.6 Å². The largest absolute Gasteiger partial charge is 0.465 e. The van der Waals surface area contributed by atoms with Gasteiger partial charge in [-0.05, 0) is 32.8 Å². The first kappa shape index (κ1) is 23.0. The van der Waals surface area contributed by atoms with Gasteiger partial charge in [0.25, 0.3) is 0 Å². The highest BCUT2D eigenvalue weighted by Gasteiger charge is 2.29. The van der Waals surface area contributed by atoms with Crippen molar-refractivity contribution in [2.45, 2.75) is 40.2 Å². The molecule has 0 spiro atoms. The van der Waals surface area contributed by atoms with E-state index in [0.29, 0.717) is 12.0 Å². The van der Waals surface area contributed by atoms with Crippen LogP contribution < -0.4 is 5.32 Å². The second-order valence-corrected chi connectivity index (χ2v) is 7.39. The van der Waals surface area contributed by atoms with E-state index in [4.69, 9.17) is 9.47 Å². The molecule has 0 bridgehead atoms. The first-order chi connectivity index (χ1) is 14.1. The number of nitrogens with zero attached hydrogens (tertiary/aromatic N) is 3. The van der Waals surface area contributed by atoms with Crippen LogP contribution in [0.4, 0.5) is 10.7 Å². The van der Waals surface area contributed by atoms with E-state index in [0.717, 1.165) is 17.5 Å². The van der Waals surface area contributed by atoms with Crippen LogP contribution in [0.3, 0.4) is 0 Å². The Morgan fingerprint density at radius 1 is 1.33 bits per heavy atom. The van der Waals surface area contributed by atoms with Crippen molar-refractivity contribution in [3.05, 3.63) is 38.0 Å². The van der Waals surface area contributed by atoms with E-state index >= 15 is 0 Å². The lowest BCUT2D eigenvalue weighted by atomic mass is 10.1. The van der Waals surface area contributed by atoms with Gasteiger partial charge in [-0.1, -0.05) is 6.92 Å². The highest BCUT2D eigenvalue weighted by atomic mass is 32.1. The Kier molecular flexibility index (Phi) is 7.27. The number of esters is 2. The summed E-state index contributed by atoms with van der Waals surface area (Å²) in [4.78, 5) is 47.9. The molecule has 30 heavy (non-hydrogen) atoms. The Balaban J connectivity index is 2.38. The molecule has 0 aliphatic carbocycles. The number of anilines is 1. The lowest BCUT2D eigenvalue weighted by molar-refractivity contribution is -0.385. The number of ether oxygens (including phenoxy) is 2. The van der Waals surface area contributed by atoms with Crippen molar-refractivity contribution in [3.63, 3.8) is 0 Å². The van der Waals surface area contributed by atoms with Crippen molar-refractivity contribution in [3.8, 4) is 0 Å². The molecule has 2 aromatic heterocycles. The molecule has 0 aliphatic heterocycles. The minimum Gasteiger partial charge on any atom is -0.465 e. The van der Waals surface area contributed by atoms with E-state index in [-0.39, 0.29) is 33.4 Å². The monoisotopic (exact) mass is 438 g/mol. The van der Waals surface area contributed by atoms with Crippen molar-refractivity contribution >= 4 is 39.9 Å². The normalized spacial score (nSPS) is 11.6. The Bertz CT molecular complexity index is 995. The molecule has 2 aromatic rings. The average molecular weight is 438 g/mol.